The lowest BCUT2D eigenvalue weighted by molar-refractivity contribution is 0.593. The van der Waals surface area contributed by atoms with E-state index in [0.29, 0.717) is 5.69 Å². The predicted octanol–water partition coefficient (Wildman–Crippen LogP) is 2.86. The van der Waals surface area contributed by atoms with Crippen molar-refractivity contribution in [3.05, 3.63) is 52.6 Å². The first-order valence-corrected chi connectivity index (χ1v) is 7.56. The molecule has 21 heavy (non-hydrogen) atoms. The second-order valence-electron chi connectivity index (χ2n) is 4.10. The monoisotopic (exact) mass is 325 g/mol. The molecule has 5 nitrogen and oxygen atoms in total. The predicted molar refractivity (Wildman–Crippen MR) is 75.9 cm³/mol. The molecule has 0 radical (unpaired) electrons. The van der Waals surface area contributed by atoms with Crippen LogP contribution in [0.1, 0.15) is 11.3 Å². The van der Waals surface area contributed by atoms with Crippen LogP contribution in [0.2, 0.25) is 5.15 Å². The van der Waals surface area contributed by atoms with Gasteiger partial charge in [-0.25, -0.2) is 17.8 Å². The highest BCUT2D eigenvalue weighted by molar-refractivity contribution is 7.92. The molecule has 0 unspecified atom stereocenters. The van der Waals surface area contributed by atoms with Crippen LogP contribution in [0.3, 0.4) is 0 Å². The lowest BCUT2D eigenvalue weighted by atomic mass is 10.2. The Labute approximate surface area is 126 Å². The molecule has 2 aromatic rings. The maximum Gasteiger partial charge on any atom is 0.263 e. The molecule has 0 aliphatic heterocycles. The third-order valence-corrected chi connectivity index (χ3v) is 4.29. The van der Waals surface area contributed by atoms with Crippen LogP contribution in [0.5, 0.6) is 0 Å². The van der Waals surface area contributed by atoms with Gasteiger partial charge in [0.25, 0.3) is 10.0 Å². The normalized spacial score (nSPS) is 11.0. The summed E-state index contributed by atoms with van der Waals surface area (Å²) in [6.07, 6.45) is 0. The Kier molecular flexibility index (Phi) is 4.11. The number of pyridine rings is 1. The van der Waals surface area contributed by atoms with E-state index >= 15 is 0 Å². The van der Waals surface area contributed by atoms with E-state index in [0.717, 1.165) is 12.1 Å². The van der Waals surface area contributed by atoms with Crippen LogP contribution in [0, 0.1) is 24.1 Å². The van der Waals surface area contributed by atoms with Crippen molar-refractivity contribution in [3.63, 3.8) is 0 Å². The molecular weight excluding hydrogens is 317 g/mol. The standard InChI is InChI=1S/C13H9ClFN3O2S/c1-8-11(5-6-13(14)17-8)18-21(19,20)12-4-2-3-10(15)9(12)7-16/h2-6,18H,1H3. The minimum absolute atomic E-state index is 0.201. The van der Waals surface area contributed by atoms with Crippen LogP contribution in [-0.2, 0) is 10.0 Å². The van der Waals surface area contributed by atoms with Gasteiger partial charge < -0.3 is 0 Å². The molecular formula is C13H9ClFN3O2S. The van der Waals surface area contributed by atoms with Gasteiger partial charge in [0.1, 0.15) is 27.5 Å². The van der Waals surface area contributed by atoms with E-state index in [-0.39, 0.29) is 10.8 Å². The molecule has 8 heteroatoms. The van der Waals surface area contributed by atoms with Gasteiger partial charge in [-0.05, 0) is 31.2 Å². The SMILES string of the molecule is Cc1nc(Cl)ccc1NS(=O)(=O)c1cccc(F)c1C#N. The van der Waals surface area contributed by atoms with Crippen molar-refractivity contribution in [2.75, 3.05) is 4.72 Å². The van der Waals surface area contributed by atoms with Gasteiger partial charge in [0.05, 0.1) is 11.4 Å². The number of anilines is 1. The molecule has 0 amide bonds. The summed E-state index contributed by atoms with van der Waals surface area (Å²) in [6, 6.07) is 7.80. The highest BCUT2D eigenvalue weighted by Gasteiger charge is 2.22. The van der Waals surface area contributed by atoms with Crippen LogP contribution in [-0.4, -0.2) is 13.4 Å². The van der Waals surface area contributed by atoms with Gasteiger partial charge in [-0.2, -0.15) is 5.26 Å². The average molecular weight is 326 g/mol. The van der Waals surface area contributed by atoms with E-state index in [2.05, 4.69) is 9.71 Å². The number of nitrogens with one attached hydrogen (secondary N) is 1. The van der Waals surface area contributed by atoms with Crippen LogP contribution in [0.4, 0.5) is 10.1 Å². The summed E-state index contributed by atoms with van der Waals surface area (Å²) in [7, 11) is -4.11. The molecule has 1 aromatic carbocycles. The van der Waals surface area contributed by atoms with Gasteiger partial charge >= 0.3 is 0 Å². The van der Waals surface area contributed by atoms with E-state index in [1.54, 1.807) is 13.0 Å². The number of rotatable bonds is 3. The Balaban J connectivity index is 2.49. The quantitative estimate of drug-likeness (QED) is 0.880. The first-order valence-electron chi connectivity index (χ1n) is 5.70. The van der Waals surface area contributed by atoms with E-state index in [9.17, 15) is 12.8 Å². The molecule has 0 saturated heterocycles. The molecule has 1 heterocycles. The molecule has 0 aliphatic carbocycles. The van der Waals surface area contributed by atoms with Gasteiger partial charge in [-0.3, -0.25) is 4.72 Å². The highest BCUT2D eigenvalue weighted by atomic mass is 35.5. The zero-order chi connectivity index (χ0) is 15.6. The maximum atomic E-state index is 13.5. The lowest BCUT2D eigenvalue weighted by Crippen LogP contribution is -2.16. The number of sulfonamides is 1. The van der Waals surface area contributed by atoms with Crippen molar-refractivity contribution >= 4 is 27.3 Å². The number of hydrogen-bond acceptors (Lipinski definition) is 4. The van der Waals surface area contributed by atoms with Gasteiger partial charge in [0.15, 0.2) is 0 Å². The molecule has 1 aromatic heterocycles. The molecule has 0 fully saturated rings. The Morgan fingerprint density at radius 3 is 2.67 bits per heavy atom. The number of benzene rings is 1. The smallest absolute Gasteiger partial charge is 0.263 e. The molecule has 0 saturated carbocycles. The second kappa shape index (κ2) is 5.68. The first-order chi connectivity index (χ1) is 9.85. The molecule has 1 N–H and O–H groups in total. The van der Waals surface area contributed by atoms with Gasteiger partial charge in [0.2, 0.25) is 0 Å². The third kappa shape index (κ3) is 3.12. The van der Waals surface area contributed by atoms with Crippen molar-refractivity contribution in [1.29, 1.82) is 5.26 Å². The largest absolute Gasteiger partial charge is 0.278 e. The van der Waals surface area contributed by atoms with Crippen LogP contribution in [0.15, 0.2) is 35.2 Å². The first kappa shape index (κ1) is 15.2. The maximum absolute atomic E-state index is 13.5. The Morgan fingerprint density at radius 2 is 2.05 bits per heavy atom. The Bertz CT molecular complexity index is 847. The van der Waals surface area contributed by atoms with Crippen LogP contribution < -0.4 is 4.72 Å². The summed E-state index contributed by atoms with van der Waals surface area (Å²) in [4.78, 5) is 3.48. The Hall–Kier alpha value is -2.17. The van der Waals surface area contributed by atoms with E-state index < -0.39 is 26.3 Å². The van der Waals surface area contributed by atoms with E-state index in [1.165, 1.54) is 18.2 Å². The summed E-state index contributed by atoms with van der Waals surface area (Å²) in [5.74, 6) is -0.897. The molecule has 0 bridgehead atoms. The summed E-state index contributed by atoms with van der Waals surface area (Å²) < 4.78 is 40.3. The fourth-order valence-corrected chi connectivity index (χ4v) is 3.15. The second-order valence-corrected chi connectivity index (χ2v) is 6.14. The molecule has 0 aliphatic rings. The fraction of sp³-hybridized carbons (Fsp3) is 0.0769. The number of nitrogens with zero attached hydrogens (tertiary/aromatic N) is 2. The topological polar surface area (TPSA) is 82.8 Å². The van der Waals surface area contributed by atoms with Crippen molar-refractivity contribution in [2.45, 2.75) is 11.8 Å². The average Bonchev–Trinajstić information content (AvgIpc) is 2.41. The lowest BCUT2D eigenvalue weighted by Gasteiger charge is -2.11. The number of aryl methyl sites for hydroxylation is 1. The Morgan fingerprint density at radius 1 is 1.33 bits per heavy atom. The van der Waals surface area contributed by atoms with Crippen molar-refractivity contribution in [1.82, 2.24) is 4.98 Å². The molecule has 0 spiro atoms. The number of nitriles is 1. The minimum Gasteiger partial charge on any atom is -0.278 e. The number of aromatic nitrogens is 1. The van der Waals surface area contributed by atoms with E-state index in [4.69, 9.17) is 16.9 Å². The van der Waals surface area contributed by atoms with Crippen molar-refractivity contribution in [3.8, 4) is 6.07 Å². The summed E-state index contributed by atoms with van der Waals surface area (Å²) in [5, 5.41) is 9.13. The minimum atomic E-state index is -4.11. The van der Waals surface area contributed by atoms with E-state index in [1.807, 2.05) is 0 Å². The highest BCUT2D eigenvalue weighted by Crippen LogP contribution is 2.23. The van der Waals surface area contributed by atoms with Gasteiger partial charge in [-0.15, -0.1) is 0 Å². The summed E-state index contributed by atoms with van der Waals surface area (Å²) in [6.45, 7) is 1.57. The zero-order valence-electron chi connectivity index (χ0n) is 10.8. The summed E-state index contributed by atoms with van der Waals surface area (Å²) >= 11 is 5.69. The number of halogens is 2. The number of hydrogen-bond donors (Lipinski definition) is 1. The van der Waals surface area contributed by atoms with Gasteiger partial charge in [0, 0.05) is 0 Å². The van der Waals surface area contributed by atoms with Crippen LogP contribution >= 0.6 is 11.6 Å². The summed E-state index contributed by atoms with van der Waals surface area (Å²) in [5.41, 5.74) is 0.0260. The fourth-order valence-electron chi connectivity index (χ4n) is 1.67. The molecule has 2 rings (SSSR count). The third-order valence-electron chi connectivity index (χ3n) is 2.67. The molecule has 0 atom stereocenters. The van der Waals surface area contributed by atoms with Crippen LogP contribution in [0.25, 0.3) is 0 Å². The van der Waals surface area contributed by atoms with Crippen molar-refractivity contribution < 1.29 is 12.8 Å². The van der Waals surface area contributed by atoms with Crippen molar-refractivity contribution in [2.24, 2.45) is 0 Å². The van der Waals surface area contributed by atoms with Gasteiger partial charge in [-0.1, -0.05) is 17.7 Å². The zero-order valence-corrected chi connectivity index (χ0v) is 12.3. The molecule has 108 valence electrons.